The summed E-state index contributed by atoms with van der Waals surface area (Å²) in [7, 11) is 0. The SMILES string of the molecule is CC(C)(O)CONC(=O)c1c(N)nc(-c2cccc(C#N)c2)nc1OC1COC(c2ccccc2)OC1. The molecule has 1 saturated heterocycles. The first-order valence-electron chi connectivity index (χ1n) is 11.5. The van der Waals surface area contributed by atoms with Crippen LogP contribution in [-0.2, 0) is 14.3 Å². The minimum Gasteiger partial charge on any atom is -0.469 e. The third-order valence-electron chi connectivity index (χ3n) is 5.19. The molecule has 192 valence electrons. The number of rotatable bonds is 8. The van der Waals surface area contributed by atoms with Gasteiger partial charge in [0.2, 0.25) is 5.88 Å². The molecule has 0 bridgehead atoms. The number of nitrogen functional groups attached to an aromatic ring is 1. The fourth-order valence-electron chi connectivity index (χ4n) is 3.46. The number of hydroxylamine groups is 1. The normalized spacial score (nSPS) is 17.6. The molecule has 0 saturated carbocycles. The van der Waals surface area contributed by atoms with E-state index < -0.39 is 23.9 Å². The highest BCUT2D eigenvalue weighted by Gasteiger charge is 2.29. The van der Waals surface area contributed by atoms with E-state index in [1.54, 1.807) is 24.3 Å². The van der Waals surface area contributed by atoms with Crippen molar-refractivity contribution in [2.24, 2.45) is 0 Å². The van der Waals surface area contributed by atoms with Crippen LogP contribution in [-0.4, -0.2) is 52.5 Å². The van der Waals surface area contributed by atoms with Gasteiger partial charge in [0.25, 0.3) is 5.91 Å². The summed E-state index contributed by atoms with van der Waals surface area (Å²) in [6, 6.07) is 18.2. The predicted octanol–water partition coefficient (Wildman–Crippen LogP) is 2.52. The number of anilines is 1. The van der Waals surface area contributed by atoms with Gasteiger partial charge >= 0.3 is 0 Å². The molecule has 11 heteroatoms. The number of amides is 1. The maximum atomic E-state index is 12.9. The molecule has 2 heterocycles. The summed E-state index contributed by atoms with van der Waals surface area (Å²) in [6.07, 6.45) is -1.14. The monoisotopic (exact) mass is 505 g/mol. The molecule has 1 fully saturated rings. The van der Waals surface area contributed by atoms with E-state index in [1.165, 1.54) is 13.8 Å². The van der Waals surface area contributed by atoms with Crippen molar-refractivity contribution in [3.05, 3.63) is 71.3 Å². The number of ether oxygens (including phenoxy) is 3. The van der Waals surface area contributed by atoms with E-state index in [4.69, 9.17) is 24.8 Å². The van der Waals surface area contributed by atoms with E-state index >= 15 is 0 Å². The number of nitriles is 1. The number of carbonyl (C=O) groups is 1. The van der Waals surface area contributed by atoms with E-state index in [-0.39, 0.29) is 42.9 Å². The molecule has 11 nitrogen and oxygen atoms in total. The third-order valence-corrected chi connectivity index (χ3v) is 5.19. The Kier molecular flexibility index (Phi) is 7.95. The van der Waals surface area contributed by atoms with Crippen LogP contribution in [0, 0.1) is 11.3 Å². The van der Waals surface area contributed by atoms with Gasteiger partial charge in [-0.3, -0.25) is 9.63 Å². The largest absolute Gasteiger partial charge is 0.469 e. The van der Waals surface area contributed by atoms with Crippen LogP contribution in [0.2, 0.25) is 0 Å². The first-order valence-corrected chi connectivity index (χ1v) is 11.5. The zero-order valence-electron chi connectivity index (χ0n) is 20.4. The molecule has 1 aromatic heterocycles. The molecule has 3 aromatic rings. The van der Waals surface area contributed by atoms with E-state index in [9.17, 15) is 15.2 Å². The summed E-state index contributed by atoms with van der Waals surface area (Å²) >= 11 is 0. The molecule has 1 aliphatic heterocycles. The number of nitrogens with zero attached hydrogens (tertiary/aromatic N) is 3. The van der Waals surface area contributed by atoms with Crippen molar-refractivity contribution < 1.29 is 28.9 Å². The van der Waals surface area contributed by atoms with E-state index in [1.807, 2.05) is 30.3 Å². The number of hydrogen-bond donors (Lipinski definition) is 3. The molecule has 0 aliphatic carbocycles. The van der Waals surface area contributed by atoms with Crippen LogP contribution in [0.25, 0.3) is 11.4 Å². The summed E-state index contributed by atoms with van der Waals surface area (Å²) < 4.78 is 17.7. The topological polar surface area (TPSA) is 162 Å². The number of hydrogen-bond acceptors (Lipinski definition) is 10. The van der Waals surface area contributed by atoms with Crippen LogP contribution in [0.4, 0.5) is 5.82 Å². The number of carbonyl (C=O) groups excluding carboxylic acids is 1. The maximum Gasteiger partial charge on any atom is 0.284 e. The highest BCUT2D eigenvalue weighted by Crippen LogP contribution is 2.29. The highest BCUT2D eigenvalue weighted by atomic mass is 16.7. The summed E-state index contributed by atoms with van der Waals surface area (Å²) in [6.45, 7) is 3.22. The summed E-state index contributed by atoms with van der Waals surface area (Å²) in [5.41, 5.74) is 8.87. The average molecular weight is 506 g/mol. The number of benzene rings is 2. The number of aliphatic hydroxyl groups is 1. The van der Waals surface area contributed by atoms with Crippen molar-refractivity contribution in [1.82, 2.24) is 15.4 Å². The van der Waals surface area contributed by atoms with Crippen LogP contribution in [0.3, 0.4) is 0 Å². The highest BCUT2D eigenvalue weighted by molar-refractivity contribution is 6.00. The zero-order valence-corrected chi connectivity index (χ0v) is 20.4. The Morgan fingerprint density at radius 1 is 1.19 bits per heavy atom. The van der Waals surface area contributed by atoms with Crippen molar-refractivity contribution in [3.8, 4) is 23.3 Å². The van der Waals surface area contributed by atoms with Gasteiger partial charge in [-0.2, -0.15) is 10.2 Å². The van der Waals surface area contributed by atoms with Gasteiger partial charge in [0.15, 0.2) is 12.1 Å². The lowest BCUT2D eigenvalue weighted by molar-refractivity contribution is -0.216. The van der Waals surface area contributed by atoms with Crippen LogP contribution in [0.1, 0.15) is 41.6 Å². The molecular formula is C26H27N5O6. The van der Waals surface area contributed by atoms with Crippen molar-refractivity contribution in [2.75, 3.05) is 25.6 Å². The van der Waals surface area contributed by atoms with Crippen molar-refractivity contribution in [2.45, 2.75) is 31.8 Å². The molecular weight excluding hydrogens is 478 g/mol. The molecule has 2 aromatic carbocycles. The fraction of sp³-hybridized carbons (Fsp3) is 0.308. The van der Waals surface area contributed by atoms with Gasteiger partial charge < -0.3 is 25.1 Å². The minimum atomic E-state index is -1.17. The second-order valence-corrected chi connectivity index (χ2v) is 8.99. The predicted molar refractivity (Wildman–Crippen MR) is 132 cm³/mol. The second-order valence-electron chi connectivity index (χ2n) is 8.99. The van der Waals surface area contributed by atoms with Gasteiger partial charge in [-0.15, -0.1) is 0 Å². The van der Waals surface area contributed by atoms with Gasteiger partial charge in [0.1, 0.15) is 24.1 Å². The Morgan fingerprint density at radius 2 is 1.92 bits per heavy atom. The Labute approximate surface area is 213 Å². The lowest BCUT2D eigenvalue weighted by Crippen LogP contribution is -2.37. The smallest absolute Gasteiger partial charge is 0.284 e. The standard InChI is InChI=1S/C26H27N5O6/c1-26(2,33)15-36-31-23(32)20-21(28)29-22(18-10-6-7-16(11-18)12-27)30-24(20)37-19-13-34-25(35-14-19)17-8-4-3-5-9-17/h3-11,19,25,33H,13-15H2,1-2H3,(H,31,32)(H2,28,29,30). The second kappa shape index (κ2) is 11.3. The Bertz CT molecular complexity index is 1280. The Balaban J connectivity index is 1.58. The lowest BCUT2D eigenvalue weighted by atomic mass is 10.1. The van der Waals surface area contributed by atoms with Gasteiger partial charge in [-0.05, 0) is 26.0 Å². The molecule has 37 heavy (non-hydrogen) atoms. The molecule has 4 N–H and O–H groups in total. The van der Waals surface area contributed by atoms with E-state index in [2.05, 4.69) is 21.5 Å². The molecule has 0 atom stereocenters. The summed E-state index contributed by atoms with van der Waals surface area (Å²) in [5, 5.41) is 19.1. The van der Waals surface area contributed by atoms with E-state index in [0.717, 1.165) is 5.56 Å². The van der Waals surface area contributed by atoms with Gasteiger partial charge in [0, 0.05) is 11.1 Å². The number of aromatic nitrogens is 2. The third kappa shape index (κ3) is 6.78. The lowest BCUT2D eigenvalue weighted by Gasteiger charge is -2.30. The fourth-order valence-corrected chi connectivity index (χ4v) is 3.46. The molecule has 1 aliphatic rings. The average Bonchev–Trinajstić information content (AvgIpc) is 2.88. The quantitative estimate of drug-likeness (QED) is 0.388. The number of nitrogens with two attached hydrogens (primary N) is 1. The minimum absolute atomic E-state index is 0.107. The first-order chi connectivity index (χ1) is 17.7. The van der Waals surface area contributed by atoms with Crippen LogP contribution < -0.4 is 16.0 Å². The van der Waals surface area contributed by atoms with Crippen LogP contribution in [0.5, 0.6) is 5.88 Å². The molecule has 0 unspecified atom stereocenters. The molecule has 4 rings (SSSR count). The zero-order chi connectivity index (χ0) is 26.4. The molecule has 0 spiro atoms. The van der Waals surface area contributed by atoms with Crippen molar-refractivity contribution in [3.63, 3.8) is 0 Å². The summed E-state index contributed by atoms with van der Waals surface area (Å²) in [4.78, 5) is 26.7. The molecule has 0 radical (unpaired) electrons. The molecule has 1 amide bonds. The van der Waals surface area contributed by atoms with Gasteiger partial charge in [0.05, 0.1) is 30.4 Å². The summed E-state index contributed by atoms with van der Waals surface area (Å²) in [5.74, 6) is -0.858. The van der Waals surface area contributed by atoms with Crippen LogP contribution >= 0.6 is 0 Å². The van der Waals surface area contributed by atoms with Gasteiger partial charge in [-0.1, -0.05) is 42.5 Å². The van der Waals surface area contributed by atoms with Crippen LogP contribution in [0.15, 0.2) is 54.6 Å². The van der Waals surface area contributed by atoms with E-state index in [0.29, 0.717) is 11.1 Å². The maximum absolute atomic E-state index is 12.9. The number of nitrogens with one attached hydrogen (secondary N) is 1. The first kappa shape index (κ1) is 26.0. The Morgan fingerprint density at radius 3 is 2.59 bits per heavy atom. The van der Waals surface area contributed by atoms with Gasteiger partial charge in [-0.25, -0.2) is 10.5 Å². The van der Waals surface area contributed by atoms with Crippen molar-refractivity contribution >= 4 is 11.7 Å². The van der Waals surface area contributed by atoms with Crippen molar-refractivity contribution in [1.29, 1.82) is 5.26 Å². The Hall–Kier alpha value is -4.08.